The molecule has 3 nitrogen and oxygen atoms in total. The van der Waals surface area contributed by atoms with Crippen LogP contribution in [-0.4, -0.2) is 18.2 Å². The van der Waals surface area contributed by atoms with Crippen LogP contribution in [0.15, 0.2) is 54.6 Å². The molecule has 3 heteroatoms. The Labute approximate surface area is 136 Å². The van der Waals surface area contributed by atoms with E-state index >= 15 is 0 Å². The van der Waals surface area contributed by atoms with Crippen molar-refractivity contribution in [2.24, 2.45) is 5.92 Å². The summed E-state index contributed by atoms with van der Waals surface area (Å²) in [5.74, 6) is 2.11. The number of hydrogen-bond donors (Lipinski definition) is 0. The summed E-state index contributed by atoms with van der Waals surface area (Å²) in [7, 11) is 0. The van der Waals surface area contributed by atoms with Crippen molar-refractivity contribution < 1.29 is 14.3 Å². The van der Waals surface area contributed by atoms with Crippen molar-refractivity contribution in [3.8, 4) is 18.1 Å². The summed E-state index contributed by atoms with van der Waals surface area (Å²) in [6.07, 6.45) is 5.52. The van der Waals surface area contributed by atoms with Gasteiger partial charge in [-0.3, -0.25) is 9.59 Å². The molecule has 0 aliphatic carbocycles. The van der Waals surface area contributed by atoms with Crippen LogP contribution in [0.5, 0.6) is 5.75 Å². The highest BCUT2D eigenvalue weighted by atomic mass is 16.5. The largest absolute Gasteiger partial charge is 0.481 e. The Morgan fingerprint density at radius 1 is 1.09 bits per heavy atom. The van der Waals surface area contributed by atoms with Gasteiger partial charge >= 0.3 is 0 Å². The molecule has 0 saturated carbocycles. The lowest BCUT2D eigenvalue weighted by Gasteiger charge is -2.13. The Morgan fingerprint density at radius 3 is 2.30 bits per heavy atom. The molecule has 0 radical (unpaired) electrons. The molecule has 0 spiro atoms. The maximum Gasteiger partial charge on any atom is 0.173 e. The van der Waals surface area contributed by atoms with Crippen LogP contribution in [0.4, 0.5) is 0 Å². The standard InChI is InChI=1S/C20H18O3/c1-3-13-23-18-11-9-16(10-12-18)14-19(15(2)21)20(22)17-7-5-4-6-8-17/h1,4-12,19H,13-14H2,2H3. The van der Waals surface area contributed by atoms with E-state index in [1.165, 1.54) is 6.92 Å². The van der Waals surface area contributed by atoms with Crippen molar-refractivity contribution >= 4 is 11.6 Å². The zero-order valence-corrected chi connectivity index (χ0v) is 13.0. The number of Topliss-reactive ketones (excluding diaryl/α,β-unsaturated/α-hetero) is 2. The number of carbonyl (C=O) groups excluding carboxylic acids is 2. The van der Waals surface area contributed by atoms with Gasteiger partial charge in [-0.2, -0.15) is 0 Å². The SMILES string of the molecule is C#CCOc1ccc(CC(C(C)=O)C(=O)c2ccccc2)cc1. The second-order valence-electron chi connectivity index (χ2n) is 5.23. The molecule has 0 aliphatic rings. The molecule has 0 aromatic heterocycles. The van der Waals surface area contributed by atoms with E-state index in [1.54, 1.807) is 36.4 Å². The van der Waals surface area contributed by atoms with Crippen LogP contribution in [-0.2, 0) is 11.2 Å². The number of hydrogen-bond acceptors (Lipinski definition) is 3. The molecular formula is C20H18O3. The van der Waals surface area contributed by atoms with Crippen molar-refractivity contribution in [3.05, 3.63) is 65.7 Å². The summed E-state index contributed by atoms with van der Waals surface area (Å²) in [6, 6.07) is 16.2. The van der Waals surface area contributed by atoms with Gasteiger partial charge in [0.05, 0.1) is 5.92 Å². The third kappa shape index (κ3) is 4.55. The van der Waals surface area contributed by atoms with Gasteiger partial charge in [-0.25, -0.2) is 0 Å². The average Bonchev–Trinajstić information content (AvgIpc) is 2.59. The fourth-order valence-electron chi connectivity index (χ4n) is 2.31. The van der Waals surface area contributed by atoms with E-state index in [0.29, 0.717) is 17.7 Å². The van der Waals surface area contributed by atoms with Crippen molar-refractivity contribution in [1.29, 1.82) is 0 Å². The quantitative estimate of drug-likeness (QED) is 0.448. The van der Waals surface area contributed by atoms with Gasteiger partial charge in [0.25, 0.3) is 0 Å². The number of ketones is 2. The first-order valence-corrected chi connectivity index (χ1v) is 7.36. The average molecular weight is 306 g/mol. The molecule has 1 atom stereocenters. The Hall–Kier alpha value is -2.86. The van der Waals surface area contributed by atoms with Crippen molar-refractivity contribution in [1.82, 2.24) is 0 Å². The molecule has 1 unspecified atom stereocenters. The monoisotopic (exact) mass is 306 g/mol. The van der Waals surface area contributed by atoms with Crippen molar-refractivity contribution in [2.45, 2.75) is 13.3 Å². The first-order chi connectivity index (χ1) is 11.1. The Kier molecular flexibility index (Phi) is 5.71. The molecule has 2 rings (SSSR count). The number of terminal acetylenes is 1. The van der Waals surface area contributed by atoms with E-state index in [9.17, 15) is 9.59 Å². The second kappa shape index (κ2) is 7.95. The van der Waals surface area contributed by atoms with E-state index in [1.807, 2.05) is 18.2 Å². The predicted molar refractivity (Wildman–Crippen MR) is 89.4 cm³/mol. The summed E-state index contributed by atoms with van der Waals surface area (Å²) in [5.41, 5.74) is 1.46. The minimum absolute atomic E-state index is 0.133. The van der Waals surface area contributed by atoms with Crippen molar-refractivity contribution in [2.75, 3.05) is 6.61 Å². The molecule has 0 fully saturated rings. The number of carbonyl (C=O) groups is 2. The van der Waals surface area contributed by atoms with Gasteiger partial charge in [-0.15, -0.1) is 6.42 Å². The molecule has 2 aromatic carbocycles. The molecule has 2 aromatic rings. The van der Waals surface area contributed by atoms with Gasteiger partial charge < -0.3 is 4.74 Å². The lowest BCUT2D eigenvalue weighted by molar-refractivity contribution is -0.119. The van der Waals surface area contributed by atoms with E-state index in [-0.39, 0.29) is 18.2 Å². The van der Waals surface area contributed by atoms with Gasteiger partial charge in [-0.05, 0) is 31.0 Å². The van der Waals surface area contributed by atoms with Crippen LogP contribution in [0.3, 0.4) is 0 Å². The zero-order valence-electron chi connectivity index (χ0n) is 13.0. The minimum Gasteiger partial charge on any atom is -0.481 e. The highest BCUT2D eigenvalue weighted by molar-refractivity contribution is 6.10. The van der Waals surface area contributed by atoms with Gasteiger partial charge in [0.1, 0.15) is 18.1 Å². The van der Waals surface area contributed by atoms with Gasteiger partial charge in [-0.1, -0.05) is 48.4 Å². The molecular weight excluding hydrogens is 288 g/mol. The smallest absolute Gasteiger partial charge is 0.173 e. The van der Waals surface area contributed by atoms with Crippen molar-refractivity contribution in [3.63, 3.8) is 0 Å². The predicted octanol–water partition coefficient (Wildman–Crippen LogP) is 3.33. The third-order valence-corrected chi connectivity index (χ3v) is 3.55. The van der Waals surface area contributed by atoms with Crippen LogP contribution in [0, 0.1) is 18.3 Å². The van der Waals surface area contributed by atoms with Crippen LogP contribution in [0.25, 0.3) is 0 Å². The Morgan fingerprint density at radius 2 is 1.74 bits per heavy atom. The molecule has 23 heavy (non-hydrogen) atoms. The first-order valence-electron chi connectivity index (χ1n) is 7.36. The zero-order chi connectivity index (χ0) is 16.7. The molecule has 0 heterocycles. The summed E-state index contributed by atoms with van der Waals surface area (Å²) < 4.78 is 5.31. The van der Waals surface area contributed by atoms with Crippen LogP contribution < -0.4 is 4.74 Å². The van der Waals surface area contributed by atoms with Gasteiger partial charge in [0, 0.05) is 5.56 Å². The summed E-state index contributed by atoms with van der Waals surface area (Å²) in [5, 5.41) is 0. The number of rotatable bonds is 7. The van der Waals surface area contributed by atoms with E-state index in [2.05, 4.69) is 5.92 Å². The van der Waals surface area contributed by atoms with Crippen LogP contribution in [0.2, 0.25) is 0 Å². The van der Waals surface area contributed by atoms with E-state index in [4.69, 9.17) is 11.2 Å². The minimum atomic E-state index is -0.671. The molecule has 0 bridgehead atoms. The first kappa shape index (κ1) is 16.5. The highest BCUT2D eigenvalue weighted by Crippen LogP contribution is 2.19. The molecule has 0 aliphatic heterocycles. The third-order valence-electron chi connectivity index (χ3n) is 3.55. The summed E-state index contributed by atoms with van der Waals surface area (Å²) in [6.45, 7) is 1.66. The molecule has 0 saturated heterocycles. The number of ether oxygens (including phenoxy) is 1. The maximum absolute atomic E-state index is 12.5. The fraction of sp³-hybridized carbons (Fsp3) is 0.200. The Bertz CT molecular complexity index is 709. The maximum atomic E-state index is 12.5. The Balaban J connectivity index is 2.12. The molecule has 0 amide bonds. The van der Waals surface area contributed by atoms with Crippen LogP contribution >= 0.6 is 0 Å². The topological polar surface area (TPSA) is 43.4 Å². The second-order valence-corrected chi connectivity index (χ2v) is 5.23. The lowest BCUT2D eigenvalue weighted by atomic mass is 9.88. The van der Waals surface area contributed by atoms with E-state index < -0.39 is 5.92 Å². The highest BCUT2D eigenvalue weighted by Gasteiger charge is 2.24. The molecule has 0 N–H and O–H groups in total. The lowest BCUT2D eigenvalue weighted by Crippen LogP contribution is -2.24. The summed E-state index contributed by atoms with van der Waals surface area (Å²) >= 11 is 0. The van der Waals surface area contributed by atoms with E-state index in [0.717, 1.165) is 5.56 Å². The fourth-order valence-corrected chi connectivity index (χ4v) is 2.31. The van der Waals surface area contributed by atoms with Gasteiger partial charge in [0.15, 0.2) is 5.78 Å². The normalized spacial score (nSPS) is 11.3. The summed E-state index contributed by atoms with van der Waals surface area (Å²) in [4.78, 5) is 24.4. The molecule has 116 valence electrons. The van der Waals surface area contributed by atoms with Crippen LogP contribution in [0.1, 0.15) is 22.8 Å². The number of benzene rings is 2. The van der Waals surface area contributed by atoms with Gasteiger partial charge in [0.2, 0.25) is 0 Å².